The number of nitrogens with one attached hydrogen (secondary N) is 1. The third kappa shape index (κ3) is 3.81. The smallest absolute Gasteiger partial charge is 0.338 e. The van der Waals surface area contributed by atoms with Gasteiger partial charge in [-0.15, -0.1) is 23.5 Å². The number of ether oxygens (including phenoxy) is 1. The maximum absolute atomic E-state index is 12.6. The van der Waals surface area contributed by atoms with E-state index in [1.54, 1.807) is 34.9 Å². The van der Waals surface area contributed by atoms with E-state index in [-0.39, 0.29) is 18.4 Å². The Kier molecular flexibility index (Phi) is 5.09. The number of carbonyl (C=O) groups is 3. The lowest BCUT2D eigenvalue weighted by Gasteiger charge is -2.28. The number of esters is 1. The van der Waals surface area contributed by atoms with Gasteiger partial charge in [0.25, 0.3) is 5.91 Å². The van der Waals surface area contributed by atoms with Crippen molar-refractivity contribution in [1.29, 1.82) is 0 Å². The molecule has 0 aliphatic carbocycles. The number of amides is 2. The van der Waals surface area contributed by atoms with E-state index < -0.39 is 5.97 Å². The first-order chi connectivity index (χ1) is 13.1. The molecule has 2 aromatic rings. The largest absolute Gasteiger partial charge is 0.452 e. The average molecular weight is 400 g/mol. The predicted octanol–water partition coefficient (Wildman–Crippen LogP) is 3.03. The Hall–Kier alpha value is -2.45. The highest BCUT2D eigenvalue weighted by molar-refractivity contribution is 8.00. The molecule has 0 radical (unpaired) electrons. The van der Waals surface area contributed by atoms with Crippen LogP contribution in [0.3, 0.4) is 0 Å². The van der Waals surface area contributed by atoms with Gasteiger partial charge < -0.3 is 15.0 Å². The number of hydrogen-bond donors (Lipinski definition) is 1. The van der Waals surface area contributed by atoms with E-state index in [1.165, 1.54) is 11.8 Å². The summed E-state index contributed by atoms with van der Waals surface area (Å²) in [4.78, 5) is 40.0. The Morgan fingerprint density at radius 3 is 2.85 bits per heavy atom. The van der Waals surface area contributed by atoms with Crippen LogP contribution in [0.2, 0.25) is 0 Å². The van der Waals surface area contributed by atoms with Gasteiger partial charge >= 0.3 is 5.97 Å². The summed E-state index contributed by atoms with van der Waals surface area (Å²) in [6.07, 6.45) is 0. The number of anilines is 2. The molecule has 0 spiro atoms. The molecule has 0 fully saturated rings. The minimum atomic E-state index is -0.587. The zero-order valence-corrected chi connectivity index (χ0v) is 15.9. The van der Waals surface area contributed by atoms with Gasteiger partial charge in [0.1, 0.15) is 0 Å². The van der Waals surface area contributed by atoms with Crippen molar-refractivity contribution in [2.45, 2.75) is 9.79 Å². The Morgan fingerprint density at radius 1 is 1.11 bits per heavy atom. The molecule has 138 valence electrons. The van der Waals surface area contributed by atoms with Gasteiger partial charge in [-0.2, -0.15) is 0 Å². The number of carbonyl (C=O) groups excluding carboxylic acids is 3. The van der Waals surface area contributed by atoms with Gasteiger partial charge in [-0.25, -0.2) is 4.79 Å². The fraction of sp³-hybridized carbons (Fsp3) is 0.211. The van der Waals surface area contributed by atoms with Gasteiger partial charge in [-0.3, -0.25) is 9.59 Å². The summed E-state index contributed by atoms with van der Waals surface area (Å²) in [6.45, 7) is 0.260. The number of rotatable bonds is 3. The molecular weight excluding hydrogens is 384 g/mol. The van der Waals surface area contributed by atoms with Gasteiger partial charge in [0, 0.05) is 22.1 Å². The molecule has 2 aromatic carbocycles. The summed E-state index contributed by atoms with van der Waals surface area (Å²) in [5.74, 6) is 0.225. The number of thioether (sulfide) groups is 2. The highest BCUT2D eigenvalue weighted by Gasteiger charge is 2.24. The SMILES string of the molecule is O=C1CSc2ccc(C(=O)OCC(=O)N3CCSc4ccccc43)cc2N1. The zero-order chi connectivity index (χ0) is 18.8. The Morgan fingerprint density at radius 2 is 1.96 bits per heavy atom. The van der Waals surface area contributed by atoms with Crippen LogP contribution in [0.1, 0.15) is 10.4 Å². The molecule has 6 nitrogen and oxygen atoms in total. The van der Waals surface area contributed by atoms with Crippen molar-refractivity contribution in [2.75, 3.05) is 34.9 Å². The first-order valence-electron chi connectivity index (χ1n) is 8.38. The summed E-state index contributed by atoms with van der Waals surface area (Å²) >= 11 is 3.13. The van der Waals surface area contributed by atoms with Crippen molar-refractivity contribution in [3.63, 3.8) is 0 Å². The fourth-order valence-electron chi connectivity index (χ4n) is 2.93. The number of hydrogen-bond acceptors (Lipinski definition) is 6. The first kappa shape index (κ1) is 17.9. The lowest BCUT2D eigenvalue weighted by molar-refractivity contribution is -0.121. The van der Waals surface area contributed by atoms with Crippen LogP contribution in [-0.2, 0) is 14.3 Å². The lowest BCUT2D eigenvalue weighted by atomic mass is 10.2. The molecule has 2 amide bonds. The minimum Gasteiger partial charge on any atom is -0.452 e. The Bertz CT molecular complexity index is 932. The van der Waals surface area contributed by atoms with Gasteiger partial charge in [0.15, 0.2) is 6.61 Å². The molecule has 0 saturated carbocycles. The maximum atomic E-state index is 12.6. The summed E-state index contributed by atoms with van der Waals surface area (Å²) in [5, 5.41) is 2.74. The number of para-hydroxylation sites is 1. The second-order valence-corrected chi connectivity index (χ2v) is 8.14. The number of benzene rings is 2. The number of fused-ring (bicyclic) bond motifs is 2. The van der Waals surface area contributed by atoms with E-state index in [2.05, 4.69) is 5.32 Å². The monoisotopic (exact) mass is 400 g/mol. The van der Waals surface area contributed by atoms with E-state index in [4.69, 9.17) is 4.74 Å². The van der Waals surface area contributed by atoms with Crippen molar-refractivity contribution >= 4 is 52.7 Å². The third-order valence-electron chi connectivity index (χ3n) is 4.20. The molecular formula is C19H16N2O4S2. The molecule has 4 rings (SSSR count). The molecule has 0 aromatic heterocycles. The van der Waals surface area contributed by atoms with Crippen LogP contribution in [0.5, 0.6) is 0 Å². The Labute approximate surface area is 164 Å². The first-order valence-corrected chi connectivity index (χ1v) is 10.3. The maximum Gasteiger partial charge on any atom is 0.338 e. The summed E-state index contributed by atoms with van der Waals surface area (Å²) in [5.41, 5.74) is 1.75. The van der Waals surface area contributed by atoms with E-state index in [0.29, 0.717) is 23.5 Å². The van der Waals surface area contributed by atoms with E-state index in [9.17, 15) is 14.4 Å². The van der Waals surface area contributed by atoms with Crippen molar-refractivity contribution in [1.82, 2.24) is 0 Å². The molecule has 2 heterocycles. The van der Waals surface area contributed by atoms with Crippen LogP contribution >= 0.6 is 23.5 Å². The standard InChI is InChI=1S/C19H16N2O4S2/c22-17-11-27-15-6-5-12(9-13(15)20-17)19(24)25-10-18(23)21-7-8-26-16-4-2-1-3-14(16)21/h1-6,9H,7-8,10-11H2,(H,20,22). The van der Waals surface area contributed by atoms with Crippen molar-refractivity contribution in [3.8, 4) is 0 Å². The van der Waals surface area contributed by atoms with Gasteiger partial charge in [-0.1, -0.05) is 12.1 Å². The average Bonchev–Trinajstić information content (AvgIpc) is 2.70. The zero-order valence-electron chi connectivity index (χ0n) is 14.3. The summed E-state index contributed by atoms with van der Waals surface area (Å²) in [7, 11) is 0. The lowest BCUT2D eigenvalue weighted by Crippen LogP contribution is -2.38. The molecule has 1 N–H and O–H groups in total. The normalized spacial score (nSPS) is 15.4. The molecule has 2 aliphatic rings. The van der Waals surface area contributed by atoms with Crippen LogP contribution in [-0.4, -0.2) is 42.4 Å². The molecule has 0 atom stereocenters. The quantitative estimate of drug-likeness (QED) is 0.799. The third-order valence-corrected chi connectivity index (χ3v) is 6.32. The van der Waals surface area contributed by atoms with Crippen molar-refractivity contribution in [2.24, 2.45) is 0 Å². The highest BCUT2D eigenvalue weighted by atomic mass is 32.2. The highest BCUT2D eigenvalue weighted by Crippen LogP contribution is 2.34. The second kappa shape index (κ2) is 7.66. The van der Waals surface area contributed by atoms with Crippen molar-refractivity contribution < 1.29 is 19.1 Å². The molecule has 27 heavy (non-hydrogen) atoms. The van der Waals surface area contributed by atoms with Crippen molar-refractivity contribution in [3.05, 3.63) is 48.0 Å². The molecule has 2 aliphatic heterocycles. The van der Waals surface area contributed by atoms with Crippen LogP contribution in [0.4, 0.5) is 11.4 Å². The molecule has 0 bridgehead atoms. The van der Waals surface area contributed by atoms with E-state index >= 15 is 0 Å². The molecule has 8 heteroatoms. The van der Waals surface area contributed by atoms with Crippen LogP contribution in [0.15, 0.2) is 52.3 Å². The molecule has 0 saturated heterocycles. The summed E-state index contributed by atoms with van der Waals surface area (Å²) in [6, 6.07) is 12.7. The van der Waals surface area contributed by atoms with Crippen LogP contribution in [0, 0.1) is 0 Å². The second-order valence-electron chi connectivity index (χ2n) is 5.99. The number of nitrogens with zero attached hydrogens (tertiary/aromatic N) is 1. The minimum absolute atomic E-state index is 0.102. The van der Waals surface area contributed by atoms with E-state index in [0.717, 1.165) is 21.2 Å². The van der Waals surface area contributed by atoms with Gasteiger partial charge in [-0.05, 0) is 30.3 Å². The van der Waals surface area contributed by atoms with E-state index in [1.807, 2.05) is 24.3 Å². The fourth-order valence-corrected chi connectivity index (χ4v) is 4.71. The van der Waals surface area contributed by atoms with Gasteiger partial charge in [0.05, 0.1) is 22.7 Å². The predicted molar refractivity (Wildman–Crippen MR) is 106 cm³/mol. The van der Waals surface area contributed by atoms with Gasteiger partial charge in [0.2, 0.25) is 5.91 Å². The Balaban J connectivity index is 1.42. The van der Waals surface area contributed by atoms with Crippen LogP contribution in [0.25, 0.3) is 0 Å². The van der Waals surface area contributed by atoms with Crippen LogP contribution < -0.4 is 10.2 Å². The summed E-state index contributed by atoms with van der Waals surface area (Å²) < 4.78 is 5.22. The molecule has 0 unspecified atom stereocenters. The topological polar surface area (TPSA) is 75.7 Å².